The SMILES string of the molecule is CC(C)[C@H](NC(=O)[C@@H](N)CC(=O)OCc1ccccc1)C(=O)OCc1ccccc1. The molecule has 0 aromatic heterocycles. The van der Waals surface area contributed by atoms with Crippen LogP contribution < -0.4 is 11.1 Å². The molecular weight excluding hydrogens is 384 g/mol. The van der Waals surface area contributed by atoms with Gasteiger partial charge >= 0.3 is 11.9 Å². The van der Waals surface area contributed by atoms with Crippen LogP contribution in [-0.4, -0.2) is 29.9 Å². The highest BCUT2D eigenvalue weighted by atomic mass is 16.5. The zero-order chi connectivity index (χ0) is 21.9. The second kappa shape index (κ2) is 11.7. The summed E-state index contributed by atoms with van der Waals surface area (Å²) in [7, 11) is 0. The van der Waals surface area contributed by atoms with Gasteiger partial charge in [0.2, 0.25) is 5.91 Å². The first kappa shape index (κ1) is 23.1. The predicted molar refractivity (Wildman–Crippen MR) is 112 cm³/mol. The minimum atomic E-state index is -1.13. The molecule has 0 aliphatic rings. The van der Waals surface area contributed by atoms with Gasteiger partial charge < -0.3 is 20.5 Å². The van der Waals surface area contributed by atoms with E-state index in [1.807, 2.05) is 60.7 Å². The summed E-state index contributed by atoms with van der Waals surface area (Å²) in [4.78, 5) is 36.8. The van der Waals surface area contributed by atoms with Gasteiger partial charge in [-0.2, -0.15) is 0 Å². The quantitative estimate of drug-likeness (QED) is 0.580. The van der Waals surface area contributed by atoms with Crippen LogP contribution in [0.3, 0.4) is 0 Å². The monoisotopic (exact) mass is 412 g/mol. The van der Waals surface area contributed by atoms with Crippen LogP contribution >= 0.6 is 0 Å². The summed E-state index contributed by atoms with van der Waals surface area (Å²) in [5.41, 5.74) is 7.52. The van der Waals surface area contributed by atoms with E-state index >= 15 is 0 Å². The molecule has 0 unspecified atom stereocenters. The molecule has 7 heteroatoms. The van der Waals surface area contributed by atoms with E-state index in [9.17, 15) is 14.4 Å². The van der Waals surface area contributed by atoms with Gasteiger partial charge in [0.1, 0.15) is 19.3 Å². The maximum Gasteiger partial charge on any atom is 0.329 e. The minimum absolute atomic E-state index is 0.106. The van der Waals surface area contributed by atoms with Crippen LogP contribution in [0.5, 0.6) is 0 Å². The van der Waals surface area contributed by atoms with Crippen molar-refractivity contribution in [1.29, 1.82) is 0 Å². The standard InChI is InChI=1S/C23H28N2O5/c1-16(2)21(23(28)30-15-18-11-7-4-8-12-18)25-22(27)19(24)13-20(26)29-14-17-9-5-3-6-10-17/h3-12,16,19,21H,13-15,24H2,1-2H3,(H,25,27)/t19-,21-/m0/s1. The summed E-state index contributed by atoms with van der Waals surface area (Å²) in [6, 6.07) is 16.4. The molecule has 0 saturated heterocycles. The Balaban J connectivity index is 1.82. The third-order valence-corrected chi connectivity index (χ3v) is 4.41. The number of hydrogen-bond acceptors (Lipinski definition) is 6. The first-order chi connectivity index (χ1) is 14.4. The molecule has 0 aliphatic heterocycles. The molecule has 2 aromatic carbocycles. The van der Waals surface area contributed by atoms with E-state index in [0.29, 0.717) is 0 Å². The van der Waals surface area contributed by atoms with Crippen molar-refractivity contribution >= 4 is 17.8 Å². The number of carbonyl (C=O) groups is 3. The van der Waals surface area contributed by atoms with Gasteiger partial charge in [-0.1, -0.05) is 74.5 Å². The summed E-state index contributed by atoms with van der Waals surface area (Å²) in [5, 5.41) is 2.59. The van der Waals surface area contributed by atoms with Gasteiger partial charge in [0.05, 0.1) is 12.5 Å². The Labute approximate surface area is 176 Å². The Kier molecular flexibility index (Phi) is 9.03. The van der Waals surface area contributed by atoms with Crippen molar-refractivity contribution in [2.45, 2.75) is 45.6 Å². The van der Waals surface area contributed by atoms with Crippen LogP contribution in [0.1, 0.15) is 31.4 Å². The zero-order valence-electron chi connectivity index (χ0n) is 17.2. The Morgan fingerprint density at radius 2 is 1.37 bits per heavy atom. The number of nitrogens with one attached hydrogen (secondary N) is 1. The molecule has 2 atom stereocenters. The number of rotatable bonds is 10. The first-order valence-corrected chi connectivity index (χ1v) is 9.83. The number of nitrogens with two attached hydrogens (primary N) is 1. The fourth-order valence-electron chi connectivity index (χ4n) is 2.65. The fourth-order valence-corrected chi connectivity index (χ4v) is 2.65. The van der Waals surface area contributed by atoms with Crippen molar-refractivity contribution in [3.05, 3.63) is 71.8 Å². The molecule has 7 nitrogen and oxygen atoms in total. The third-order valence-electron chi connectivity index (χ3n) is 4.41. The average molecular weight is 412 g/mol. The molecule has 0 fully saturated rings. The van der Waals surface area contributed by atoms with Crippen LogP contribution in [0.25, 0.3) is 0 Å². The first-order valence-electron chi connectivity index (χ1n) is 9.83. The van der Waals surface area contributed by atoms with E-state index in [-0.39, 0.29) is 25.6 Å². The number of hydrogen-bond donors (Lipinski definition) is 2. The molecule has 1 amide bonds. The molecule has 0 bridgehead atoms. The Morgan fingerprint density at radius 1 is 0.867 bits per heavy atom. The van der Waals surface area contributed by atoms with Crippen molar-refractivity contribution in [2.75, 3.05) is 0 Å². The van der Waals surface area contributed by atoms with Gasteiger partial charge in [0.15, 0.2) is 0 Å². The van der Waals surface area contributed by atoms with Crippen LogP contribution in [-0.2, 0) is 37.1 Å². The Hall–Kier alpha value is -3.19. The van der Waals surface area contributed by atoms with E-state index in [1.165, 1.54) is 0 Å². The van der Waals surface area contributed by atoms with Gasteiger partial charge in [0, 0.05) is 0 Å². The number of carbonyl (C=O) groups excluding carboxylic acids is 3. The minimum Gasteiger partial charge on any atom is -0.461 e. The zero-order valence-corrected chi connectivity index (χ0v) is 17.2. The molecule has 0 saturated carbocycles. The molecule has 160 valence electrons. The summed E-state index contributed by atoms with van der Waals surface area (Å²) in [5.74, 6) is -1.97. The van der Waals surface area contributed by atoms with Crippen LogP contribution in [0.15, 0.2) is 60.7 Å². The average Bonchev–Trinajstić information content (AvgIpc) is 2.75. The lowest BCUT2D eigenvalue weighted by Gasteiger charge is -2.22. The van der Waals surface area contributed by atoms with E-state index in [1.54, 1.807) is 13.8 Å². The van der Waals surface area contributed by atoms with Crippen LogP contribution in [0, 0.1) is 5.92 Å². The Bertz CT molecular complexity index is 824. The van der Waals surface area contributed by atoms with Gasteiger partial charge in [-0.3, -0.25) is 9.59 Å². The van der Waals surface area contributed by atoms with E-state index in [4.69, 9.17) is 15.2 Å². The molecule has 30 heavy (non-hydrogen) atoms. The highest BCUT2D eigenvalue weighted by molar-refractivity contribution is 5.90. The van der Waals surface area contributed by atoms with Gasteiger partial charge in [-0.25, -0.2) is 4.79 Å². The van der Waals surface area contributed by atoms with Gasteiger partial charge in [-0.15, -0.1) is 0 Å². The fraction of sp³-hybridized carbons (Fsp3) is 0.348. The predicted octanol–water partition coefficient (Wildman–Crippen LogP) is 2.33. The normalized spacial score (nSPS) is 12.7. The summed E-state index contributed by atoms with van der Waals surface area (Å²) < 4.78 is 10.5. The van der Waals surface area contributed by atoms with Crippen molar-refractivity contribution in [2.24, 2.45) is 11.7 Å². The molecule has 0 heterocycles. The Morgan fingerprint density at radius 3 is 1.87 bits per heavy atom. The van der Waals surface area contributed by atoms with Crippen LogP contribution in [0.4, 0.5) is 0 Å². The molecule has 0 radical (unpaired) electrons. The van der Waals surface area contributed by atoms with Gasteiger partial charge in [0.25, 0.3) is 0 Å². The molecule has 2 aromatic rings. The molecule has 0 spiro atoms. The van der Waals surface area contributed by atoms with Crippen molar-refractivity contribution in [3.8, 4) is 0 Å². The number of ether oxygens (including phenoxy) is 2. The highest BCUT2D eigenvalue weighted by Gasteiger charge is 2.28. The second-order valence-electron chi connectivity index (χ2n) is 7.28. The van der Waals surface area contributed by atoms with Gasteiger partial charge in [-0.05, 0) is 17.0 Å². The number of amides is 1. The van der Waals surface area contributed by atoms with E-state index in [0.717, 1.165) is 11.1 Å². The third kappa shape index (κ3) is 7.67. The summed E-state index contributed by atoms with van der Waals surface area (Å²) in [6.45, 7) is 3.79. The van der Waals surface area contributed by atoms with Crippen LogP contribution in [0.2, 0.25) is 0 Å². The lowest BCUT2D eigenvalue weighted by molar-refractivity contribution is -0.151. The highest BCUT2D eigenvalue weighted by Crippen LogP contribution is 2.09. The number of esters is 2. The van der Waals surface area contributed by atoms with Crippen molar-refractivity contribution < 1.29 is 23.9 Å². The maximum absolute atomic E-state index is 12.4. The lowest BCUT2D eigenvalue weighted by atomic mass is 10.0. The number of benzene rings is 2. The van der Waals surface area contributed by atoms with E-state index in [2.05, 4.69) is 5.32 Å². The maximum atomic E-state index is 12.4. The second-order valence-corrected chi connectivity index (χ2v) is 7.28. The van der Waals surface area contributed by atoms with E-state index < -0.39 is 29.9 Å². The van der Waals surface area contributed by atoms with Crippen molar-refractivity contribution in [1.82, 2.24) is 5.32 Å². The molecule has 3 N–H and O–H groups in total. The lowest BCUT2D eigenvalue weighted by Crippen LogP contribution is -2.51. The topological polar surface area (TPSA) is 108 Å². The summed E-state index contributed by atoms with van der Waals surface area (Å²) >= 11 is 0. The molecular formula is C23H28N2O5. The summed E-state index contributed by atoms with van der Waals surface area (Å²) in [6.07, 6.45) is -0.289. The molecule has 2 rings (SSSR count). The smallest absolute Gasteiger partial charge is 0.329 e. The molecule has 0 aliphatic carbocycles. The van der Waals surface area contributed by atoms with Crippen molar-refractivity contribution in [3.63, 3.8) is 0 Å². The largest absolute Gasteiger partial charge is 0.461 e.